The summed E-state index contributed by atoms with van der Waals surface area (Å²) in [7, 11) is 0. The second-order valence-electron chi connectivity index (χ2n) is 5.44. The van der Waals surface area contributed by atoms with Crippen molar-refractivity contribution < 1.29 is 4.74 Å². The normalized spacial score (nSPS) is 20.7. The third-order valence-corrected chi connectivity index (χ3v) is 4.11. The average Bonchev–Trinajstić information content (AvgIpc) is 2.52. The van der Waals surface area contributed by atoms with Gasteiger partial charge >= 0.3 is 0 Å². The first-order chi connectivity index (χ1) is 10.3. The van der Waals surface area contributed by atoms with Crippen LogP contribution in [0.1, 0.15) is 43.0 Å². The van der Waals surface area contributed by atoms with Gasteiger partial charge in [-0.05, 0) is 36.7 Å². The van der Waals surface area contributed by atoms with Crippen molar-refractivity contribution in [2.75, 3.05) is 6.54 Å². The molecule has 1 N–H and O–H groups in total. The van der Waals surface area contributed by atoms with E-state index in [0.29, 0.717) is 6.04 Å². The predicted molar refractivity (Wildman–Crippen MR) is 86.9 cm³/mol. The van der Waals surface area contributed by atoms with E-state index < -0.39 is 0 Å². The molecule has 1 aliphatic rings. The largest absolute Gasteiger partial charge is 0.485 e. The highest BCUT2D eigenvalue weighted by Gasteiger charge is 2.28. The van der Waals surface area contributed by atoms with Crippen molar-refractivity contribution in [3.05, 3.63) is 64.7 Å². The van der Waals surface area contributed by atoms with Crippen LogP contribution in [0.4, 0.5) is 0 Å². The fourth-order valence-electron chi connectivity index (χ4n) is 2.84. The van der Waals surface area contributed by atoms with Crippen LogP contribution < -0.4 is 10.1 Å². The molecule has 2 atom stereocenters. The smallest absolute Gasteiger partial charge is 0.126 e. The first-order valence-electron chi connectivity index (χ1n) is 7.52. The highest BCUT2D eigenvalue weighted by Crippen LogP contribution is 2.40. The van der Waals surface area contributed by atoms with E-state index in [2.05, 4.69) is 30.4 Å². The molecule has 21 heavy (non-hydrogen) atoms. The molecule has 0 aliphatic carbocycles. The Bertz CT molecular complexity index is 614. The summed E-state index contributed by atoms with van der Waals surface area (Å²) >= 11 is 6.11. The van der Waals surface area contributed by atoms with Gasteiger partial charge in [0.15, 0.2) is 0 Å². The maximum absolute atomic E-state index is 6.18. The maximum Gasteiger partial charge on any atom is 0.126 e. The number of benzene rings is 2. The Morgan fingerprint density at radius 1 is 1.19 bits per heavy atom. The zero-order chi connectivity index (χ0) is 14.7. The van der Waals surface area contributed by atoms with Crippen LogP contribution >= 0.6 is 11.6 Å². The van der Waals surface area contributed by atoms with Crippen LogP contribution in [0.5, 0.6) is 5.75 Å². The second kappa shape index (κ2) is 6.50. The van der Waals surface area contributed by atoms with Crippen molar-refractivity contribution in [1.82, 2.24) is 5.32 Å². The molecule has 3 heteroatoms. The molecule has 0 radical (unpaired) electrons. The zero-order valence-corrected chi connectivity index (χ0v) is 12.9. The second-order valence-corrected chi connectivity index (χ2v) is 5.88. The topological polar surface area (TPSA) is 21.3 Å². The molecule has 1 heterocycles. The fourth-order valence-corrected chi connectivity index (χ4v) is 3.04. The monoisotopic (exact) mass is 301 g/mol. The molecule has 110 valence electrons. The molecule has 0 spiro atoms. The predicted octanol–water partition coefficient (Wildman–Crippen LogP) is 4.90. The van der Waals surface area contributed by atoms with Crippen molar-refractivity contribution in [3.63, 3.8) is 0 Å². The van der Waals surface area contributed by atoms with E-state index in [1.54, 1.807) is 0 Å². The van der Waals surface area contributed by atoms with Gasteiger partial charge in [0.05, 0.1) is 0 Å². The number of rotatable bonds is 4. The summed E-state index contributed by atoms with van der Waals surface area (Å²) in [4.78, 5) is 0. The quantitative estimate of drug-likeness (QED) is 0.867. The SMILES string of the molecule is CCCNC1CC(c2cccc(Cl)c2)Oc2ccccc21. The molecule has 2 unspecified atom stereocenters. The Morgan fingerprint density at radius 2 is 2.05 bits per heavy atom. The first kappa shape index (κ1) is 14.4. The van der Waals surface area contributed by atoms with Crippen LogP contribution in [0.3, 0.4) is 0 Å². The Labute approximate surface area is 131 Å². The van der Waals surface area contributed by atoms with Gasteiger partial charge in [0.1, 0.15) is 11.9 Å². The Balaban J connectivity index is 1.89. The summed E-state index contributed by atoms with van der Waals surface area (Å²) in [5.74, 6) is 0.974. The molecule has 0 fully saturated rings. The van der Waals surface area contributed by atoms with Crippen molar-refractivity contribution in [2.45, 2.75) is 31.9 Å². The van der Waals surface area contributed by atoms with E-state index in [0.717, 1.165) is 35.7 Å². The lowest BCUT2D eigenvalue weighted by molar-refractivity contribution is 0.151. The number of halogens is 1. The number of fused-ring (bicyclic) bond motifs is 1. The summed E-state index contributed by atoms with van der Waals surface area (Å²) in [6.45, 7) is 3.20. The summed E-state index contributed by atoms with van der Waals surface area (Å²) in [6.07, 6.45) is 2.10. The van der Waals surface area contributed by atoms with Crippen LogP contribution in [0.2, 0.25) is 5.02 Å². The lowest BCUT2D eigenvalue weighted by Crippen LogP contribution is -2.29. The number of nitrogens with one attached hydrogen (secondary N) is 1. The number of ether oxygens (including phenoxy) is 1. The van der Waals surface area contributed by atoms with Crippen LogP contribution in [-0.4, -0.2) is 6.54 Å². The lowest BCUT2D eigenvalue weighted by Gasteiger charge is -2.33. The summed E-state index contributed by atoms with van der Waals surface area (Å²) in [5, 5.41) is 4.39. The van der Waals surface area contributed by atoms with E-state index in [9.17, 15) is 0 Å². The summed E-state index contributed by atoms with van der Waals surface area (Å²) in [6, 6.07) is 16.6. The van der Waals surface area contributed by atoms with Crippen LogP contribution in [-0.2, 0) is 0 Å². The third kappa shape index (κ3) is 3.22. The minimum Gasteiger partial charge on any atom is -0.485 e. The van der Waals surface area contributed by atoms with Crippen molar-refractivity contribution in [1.29, 1.82) is 0 Å². The van der Waals surface area contributed by atoms with Crippen LogP contribution in [0.25, 0.3) is 0 Å². The molecule has 0 amide bonds. The Hall–Kier alpha value is -1.51. The summed E-state index contributed by atoms with van der Waals surface area (Å²) in [5.41, 5.74) is 2.39. The highest BCUT2D eigenvalue weighted by atomic mass is 35.5. The lowest BCUT2D eigenvalue weighted by atomic mass is 9.93. The van der Waals surface area contributed by atoms with Gasteiger partial charge < -0.3 is 10.1 Å². The highest BCUT2D eigenvalue weighted by molar-refractivity contribution is 6.30. The third-order valence-electron chi connectivity index (χ3n) is 3.87. The van der Waals surface area contributed by atoms with Crippen molar-refractivity contribution in [3.8, 4) is 5.75 Å². The standard InChI is InChI=1S/C18H20ClNO/c1-2-10-20-16-12-18(13-6-5-7-14(19)11-13)21-17-9-4-3-8-15(16)17/h3-9,11,16,18,20H,2,10,12H2,1H3. The molecule has 0 saturated carbocycles. The number of hydrogen-bond donors (Lipinski definition) is 1. The number of hydrogen-bond acceptors (Lipinski definition) is 2. The molecule has 2 aromatic rings. The van der Waals surface area contributed by atoms with E-state index in [-0.39, 0.29) is 6.10 Å². The summed E-state index contributed by atoms with van der Waals surface area (Å²) < 4.78 is 6.18. The van der Waals surface area contributed by atoms with Gasteiger partial charge in [-0.2, -0.15) is 0 Å². The molecule has 0 aromatic heterocycles. The Kier molecular flexibility index (Phi) is 4.47. The molecule has 3 rings (SSSR count). The average molecular weight is 302 g/mol. The van der Waals surface area contributed by atoms with Crippen LogP contribution in [0.15, 0.2) is 48.5 Å². The van der Waals surface area contributed by atoms with Gasteiger partial charge in [-0.15, -0.1) is 0 Å². The first-order valence-corrected chi connectivity index (χ1v) is 7.90. The van der Waals surface area contributed by atoms with Crippen molar-refractivity contribution >= 4 is 11.6 Å². The van der Waals surface area contributed by atoms with E-state index >= 15 is 0 Å². The van der Waals surface area contributed by atoms with Gasteiger partial charge in [0.25, 0.3) is 0 Å². The molecule has 2 aromatic carbocycles. The van der Waals surface area contributed by atoms with Gasteiger partial charge in [0.2, 0.25) is 0 Å². The van der Waals surface area contributed by atoms with Gasteiger partial charge in [-0.25, -0.2) is 0 Å². The minimum atomic E-state index is 0.0490. The zero-order valence-electron chi connectivity index (χ0n) is 12.2. The van der Waals surface area contributed by atoms with Gasteiger partial charge in [-0.1, -0.05) is 48.9 Å². The van der Waals surface area contributed by atoms with Gasteiger partial charge in [0, 0.05) is 23.0 Å². The molecule has 2 nitrogen and oxygen atoms in total. The fraction of sp³-hybridized carbons (Fsp3) is 0.333. The van der Waals surface area contributed by atoms with Gasteiger partial charge in [-0.3, -0.25) is 0 Å². The Morgan fingerprint density at radius 3 is 2.86 bits per heavy atom. The minimum absolute atomic E-state index is 0.0490. The molecule has 1 aliphatic heterocycles. The molecular formula is C18H20ClNO. The van der Waals surface area contributed by atoms with E-state index in [4.69, 9.17) is 16.3 Å². The maximum atomic E-state index is 6.18. The van der Waals surface area contributed by atoms with E-state index in [1.807, 2.05) is 30.3 Å². The molecular weight excluding hydrogens is 282 g/mol. The van der Waals surface area contributed by atoms with Crippen LogP contribution in [0, 0.1) is 0 Å². The van der Waals surface area contributed by atoms with Crippen molar-refractivity contribution in [2.24, 2.45) is 0 Å². The molecule has 0 bridgehead atoms. The number of para-hydroxylation sites is 1. The van der Waals surface area contributed by atoms with E-state index in [1.165, 1.54) is 5.56 Å². The molecule has 0 saturated heterocycles.